The van der Waals surface area contributed by atoms with Crippen molar-refractivity contribution in [1.82, 2.24) is 4.90 Å². The molecule has 1 unspecified atom stereocenters. The van der Waals surface area contributed by atoms with Crippen LogP contribution < -0.4 is 29.6 Å². The van der Waals surface area contributed by atoms with Gasteiger partial charge in [0.1, 0.15) is 6.23 Å². The SMILES string of the molecule is CCCCN(CCCC)C(O)CC.[H-].[Na+]. The summed E-state index contributed by atoms with van der Waals surface area (Å²) in [5.41, 5.74) is 0. The Morgan fingerprint density at radius 2 is 1.50 bits per heavy atom. The fourth-order valence-electron chi connectivity index (χ4n) is 1.39. The zero-order valence-corrected chi connectivity index (χ0v) is 12.4. The quantitative estimate of drug-likeness (QED) is 0.441. The van der Waals surface area contributed by atoms with Gasteiger partial charge in [-0.3, -0.25) is 4.90 Å². The molecule has 1 atom stereocenters. The summed E-state index contributed by atoms with van der Waals surface area (Å²) in [6.07, 6.45) is 5.42. The van der Waals surface area contributed by atoms with Crippen molar-refractivity contribution in [1.29, 1.82) is 0 Å². The summed E-state index contributed by atoms with van der Waals surface area (Å²) in [7, 11) is 0. The van der Waals surface area contributed by atoms with Crippen LogP contribution in [0.3, 0.4) is 0 Å². The summed E-state index contributed by atoms with van der Waals surface area (Å²) in [5.74, 6) is 0. The van der Waals surface area contributed by atoms with Crippen molar-refractivity contribution in [2.75, 3.05) is 13.1 Å². The molecule has 0 spiro atoms. The Labute approximate surface area is 113 Å². The van der Waals surface area contributed by atoms with E-state index in [0.29, 0.717) is 0 Å². The predicted octanol–water partition coefficient (Wildman–Crippen LogP) is -0.266. The van der Waals surface area contributed by atoms with E-state index in [9.17, 15) is 5.11 Å². The summed E-state index contributed by atoms with van der Waals surface area (Å²) in [5, 5.41) is 9.70. The van der Waals surface area contributed by atoms with Crippen LogP contribution >= 0.6 is 0 Å². The Bertz CT molecular complexity index is 109. The Hall–Kier alpha value is 0.920. The molecular formula is C11H26NNaO. The zero-order valence-electron chi connectivity index (χ0n) is 11.4. The Kier molecular flexibility index (Phi) is 14.8. The van der Waals surface area contributed by atoms with E-state index in [1.165, 1.54) is 25.7 Å². The van der Waals surface area contributed by atoms with E-state index in [4.69, 9.17) is 0 Å². The molecule has 0 fully saturated rings. The maximum Gasteiger partial charge on any atom is 1.00 e. The van der Waals surface area contributed by atoms with Crippen LogP contribution in [0, 0.1) is 0 Å². The largest absolute Gasteiger partial charge is 1.00 e. The molecule has 82 valence electrons. The number of nitrogens with zero attached hydrogens (tertiary/aromatic N) is 1. The van der Waals surface area contributed by atoms with Gasteiger partial charge in [0.25, 0.3) is 0 Å². The van der Waals surface area contributed by atoms with E-state index in [1.807, 2.05) is 6.92 Å². The van der Waals surface area contributed by atoms with Gasteiger partial charge in [0, 0.05) is 13.1 Å². The fraction of sp³-hybridized carbons (Fsp3) is 1.00. The van der Waals surface area contributed by atoms with E-state index >= 15 is 0 Å². The number of aliphatic hydroxyl groups excluding tert-OH is 1. The topological polar surface area (TPSA) is 23.5 Å². The second-order valence-electron chi connectivity index (χ2n) is 3.63. The molecule has 3 heteroatoms. The predicted molar refractivity (Wildman–Crippen MR) is 58.8 cm³/mol. The summed E-state index contributed by atoms with van der Waals surface area (Å²) in [4.78, 5) is 2.20. The molecule has 2 nitrogen and oxygen atoms in total. The molecule has 0 aliphatic heterocycles. The maximum atomic E-state index is 9.70. The minimum Gasteiger partial charge on any atom is -1.00 e. The molecule has 0 saturated heterocycles. The van der Waals surface area contributed by atoms with Crippen LogP contribution in [0.25, 0.3) is 0 Å². The monoisotopic (exact) mass is 211 g/mol. The second kappa shape index (κ2) is 12.0. The third-order valence-corrected chi connectivity index (χ3v) is 2.38. The third kappa shape index (κ3) is 8.25. The van der Waals surface area contributed by atoms with E-state index in [1.54, 1.807) is 0 Å². The molecule has 0 radical (unpaired) electrons. The molecule has 1 N–H and O–H groups in total. The van der Waals surface area contributed by atoms with Crippen LogP contribution in [0.1, 0.15) is 54.3 Å². The van der Waals surface area contributed by atoms with Crippen molar-refractivity contribution in [3.63, 3.8) is 0 Å². The first-order chi connectivity index (χ1) is 6.26. The number of rotatable bonds is 8. The standard InChI is InChI=1S/C11H25NO.Na.H/c1-4-7-9-12(10-8-5-2)11(13)6-3;;/h11,13H,4-10H2,1-3H3;;/q;+1;-1. The van der Waals surface area contributed by atoms with Crippen LogP contribution in [0.15, 0.2) is 0 Å². The minimum absolute atomic E-state index is 0. The number of aliphatic hydroxyl groups is 1. The van der Waals surface area contributed by atoms with E-state index in [0.717, 1.165) is 19.5 Å². The second-order valence-corrected chi connectivity index (χ2v) is 3.63. The van der Waals surface area contributed by atoms with Gasteiger partial charge >= 0.3 is 29.6 Å². The van der Waals surface area contributed by atoms with Crippen LogP contribution in [0.4, 0.5) is 0 Å². The first-order valence-electron chi connectivity index (χ1n) is 5.68. The molecule has 14 heavy (non-hydrogen) atoms. The molecule has 0 aliphatic rings. The van der Waals surface area contributed by atoms with E-state index in [2.05, 4.69) is 18.7 Å². The molecule has 0 heterocycles. The molecule has 0 aromatic rings. The van der Waals surface area contributed by atoms with Crippen LogP contribution in [-0.2, 0) is 0 Å². The zero-order chi connectivity index (χ0) is 10.1. The normalized spacial score (nSPS) is 12.6. The van der Waals surface area contributed by atoms with Crippen molar-refractivity contribution < 1.29 is 36.1 Å². The van der Waals surface area contributed by atoms with Crippen molar-refractivity contribution in [2.45, 2.75) is 59.1 Å². The average molecular weight is 211 g/mol. The summed E-state index contributed by atoms with van der Waals surface area (Å²) in [6.45, 7) is 8.51. The van der Waals surface area contributed by atoms with Crippen molar-refractivity contribution >= 4 is 0 Å². The van der Waals surface area contributed by atoms with E-state index in [-0.39, 0.29) is 37.2 Å². The third-order valence-electron chi connectivity index (χ3n) is 2.38. The van der Waals surface area contributed by atoms with Crippen LogP contribution in [0.2, 0.25) is 0 Å². The number of hydrogen-bond donors (Lipinski definition) is 1. The smallest absolute Gasteiger partial charge is 1.00 e. The number of hydrogen-bond acceptors (Lipinski definition) is 2. The van der Waals surface area contributed by atoms with Gasteiger partial charge in [-0.15, -0.1) is 0 Å². The Morgan fingerprint density at radius 3 is 1.79 bits per heavy atom. The van der Waals surface area contributed by atoms with E-state index < -0.39 is 0 Å². The number of unbranched alkanes of at least 4 members (excludes halogenated alkanes) is 2. The fourth-order valence-corrected chi connectivity index (χ4v) is 1.39. The van der Waals surface area contributed by atoms with Gasteiger partial charge in [-0.2, -0.15) is 0 Å². The van der Waals surface area contributed by atoms with Gasteiger partial charge in [0.2, 0.25) is 0 Å². The maximum absolute atomic E-state index is 9.70. The molecule has 0 rings (SSSR count). The first-order valence-corrected chi connectivity index (χ1v) is 5.68. The molecule has 0 aromatic carbocycles. The van der Waals surface area contributed by atoms with Gasteiger partial charge in [-0.1, -0.05) is 33.6 Å². The van der Waals surface area contributed by atoms with Crippen LogP contribution in [-0.4, -0.2) is 29.3 Å². The molecule has 0 saturated carbocycles. The van der Waals surface area contributed by atoms with Gasteiger partial charge < -0.3 is 6.53 Å². The van der Waals surface area contributed by atoms with Gasteiger partial charge in [0.05, 0.1) is 0 Å². The summed E-state index contributed by atoms with van der Waals surface area (Å²) >= 11 is 0. The van der Waals surface area contributed by atoms with Gasteiger partial charge in [0.15, 0.2) is 0 Å². The van der Waals surface area contributed by atoms with Crippen molar-refractivity contribution in [3.8, 4) is 0 Å². The molecular weight excluding hydrogens is 185 g/mol. The van der Waals surface area contributed by atoms with Crippen LogP contribution in [0.5, 0.6) is 0 Å². The molecule has 0 bridgehead atoms. The summed E-state index contributed by atoms with van der Waals surface area (Å²) in [6, 6.07) is 0. The van der Waals surface area contributed by atoms with Crippen molar-refractivity contribution in [2.24, 2.45) is 0 Å². The molecule has 0 aromatic heterocycles. The molecule has 0 amide bonds. The first kappa shape index (κ1) is 17.3. The Morgan fingerprint density at radius 1 is 1.07 bits per heavy atom. The van der Waals surface area contributed by atoms with Gasteiger partial charge in [-0.05, 0) is 19.3 Å². The molecule has 0 aliphatic carbocycles. The van der Waals surface area contributed by atoms with Gasteiger partial charge in [-0.25, -0.2) is 0 Å². The minimum atomic E-state index is -0.224. The average Bonchev–Trinajstić information content (AvgIpc) is 2.17. The summed E-state index contributed by atoms with van der Waals surface area (Å²) < 4.78 is 0. The van der Waals surface area contributed by atoms with Crippen molar-refractivity contribution in [3.05, 3.63) is 0 Å². The Balaban J connectivity index is -0.000000720.